The molecule has 0 aliphatic carbocycles. The fourth-order valence-corrected chi connectivity index (χ4v) is 1.96. The second kappa shape index (κ2) is 6.17. The molecular formula is C16H20N2O4. The Morgan fingerprint density at radius 2 is 1.91 bits per heavy atom. The van der Waals surface area contributed by atoms with Crippen molar-refractivity contribution in [2.24, 2.45) is 0 Å². The maximum absolute atomic E-state index is 11.3. The maximum atomic E-state index is 11.3. The molecule has 0 saturated carbocycles. The molecule has 6 heteroatoms. The van der Waals surface area contributed by atoms with Crippen LogP contribution in [0.1, 0.15) is 26.3 Å². The van der Waals surface area contributed by atoms with Gasteiger partial charge in [0.15, 0.2) is 12.3 Å². The molecule has 6 nitrogen and oxygen atoms in total. The smallest absolute Gasteiger partial charge is 0.343 e. The van der Waals surface area contributed by atoms with Gasteiger partial charge in [-0.25, -0.2) is 4.79 Å². The van der Waals surface area contributed by atoms with Crippen LogP contribution in [0.15, 0.2) is 18.2 Å². The molecule has 2 aromatic rings. The first-order valence-electron chi connectivity index (χ1n) is 6.91. The summed E-state index contributed by atoms with van der Waals surface area (Å²) in [5, 5.41) is 0.885. The lowest BCUT2D eigenvalue weighted by Gasteiger charge is -2.22. The van der Waals surface area contributed by atoms with Crippen molar-refractivity contribution in [2.45, 2.75) is 26.2 Å². The molecule has 0 atom stereocenters. The topological polar surface area (TPSA) is 70.5 Å². The van der Waals surface area contributed by atoms with Crippen molar-refractivity contribution in [3.05, 3.63) is 23.8 Å². The number of nitrogens with zero attached hydrogens (tertiary/aromatic N) is 2. The molecule has 0 aromatic carbocycles. The Hall–Kier alpha value is -2.37. The molecule has 0 bridgehead atoms. The van der Waals surface area contributed by atoms with E-state index in [2.05, 4.69) is 35.5 Å². The molecule has 0 radical (unpaired) electrons. The highest BCUT2D eigenvalue weighted by Gasteiger charge is 2.22. The van der Waals surface area contributed by atoms with Gasteiger partial charge in [0, 0.05) is 17.0 Å². The van der Waals surface area contributed by atoms with E-state index in [0.717, 1.165) is 10.9 Å². The Morgan fingerprint density at radius 3 is 2.50 bits per heavy atom. The Morgan fingerprint density at radius 1 is 1.18 bits per heavy atom. The van der Waals surface area contributed by atoms with Gasteiger partial charge < -0.3 is 14.2 Å². The van der Waals surface area contributed by atoms with Gasteiger partial charge in [-0.2, -0.15) is 9.97 Å². The van der Waals surface area contributed by atoms with Crippen LogP contribution in [0.4, 0.5) is 0 Å². The number of pyridine rings is 2. The molecule has 0 unspecified atom stereocenters. The fraction of sp³-hybridized carbons (Fsp3) is 0.438. The van der Waals surface area contributed by atoms with Gasteiger partial charge in [-0.1, -0.05) is 20.8 Å². The monoisotopic (exact) mass is 304 g/mol. The molecule has 0 aliphatic rings. The molecule has 0 N–H and O–H groups in total. The first-order chi connectivity index (χ1) is 10.3. The zero-order chi connectivity index (χ0) is 16.3. The summed E-state index contributed by atoms with van der Waals surface area (Å²) in [4.78, 5) is 20.0. The molecule has 118 valence electrons. The Balaban J connectivity index is 2.51. The van der Waals surface area contributed by atoms with E-state index in [1.54, 1.807) is 13.2 Å². The van der Waals surface area contributed by atoms with E-state index in [4.69, 9.17) is 9.47 Å². The summed E-state index contributed by atoms with van der Waals surface area (Å²) in [6.45, 7) is 5.97. The third-order valence-corrected chi connectivity index (χ3v) is 3.19. The normalized spacial score (nSPS) is 11.3. The number of methoxy groups -OCH3 is 2. The van der Waals surface area contributed by atoms with Crippen molar-refractivity contribution in [3.8, 4) is 11.8 Å². The van der Waals surface area contributed by atoms with Crippen molar-refractivity contribution in [3.63, 3.8) is 0 Å². The number of hydrogen-bond donors (Lipinski definition) is 0. The van der Waals surface area contributed by atoms with E-state index in [0.29, 0.717) is 17.4 Å². The van der Waals surface area contributed by atoms with Crippen molar-refractivity contribution < 1.29 is 19.0 Å². The number of fused-ring (bicyclic) bond motifs is 1. The van der Waals surface area contributed by atoms with Crippen molar-refractivity contribution >= 4 is 17.0 Å². The van der Waals surface area contributed by atoms with Crippen LogP contribution >= 0.6 is 0 Å². The third-order valence-electron chi connectivity index (χ3n) is 3.19. The standard InChI is InChI=1S/C16H20N2O4/c1-16(2,3)11-8-10-6-7-12(20-4)17-14(10)18-15(11)22-9-13(19)21-5/h6-8H,9H2,1-5H3. The maximum Gasteiger partial charge on any atom is 0.343 e. The molecule has 0 spiro atoms. The Bertz CT molecular complexity index is 692. The quantitative estimate of drug-likeness (QED) is 0.808. The first-order valence-corrected chi connectivity index (χ1v) is 6.91. The van der Waals surface area contributed by atoms with Crippen LogP contribution in [-0.2, 0) is 14.9 Å². The number of carbonyl (C=O) groups is 1. The zero-order valence-electron chi connectivity index (χ0n) is 13.5. The summed E-state index contributed by atoms with van der Waals surface area (Å²) in [7, 11) is 2.86. The first kappa shape index (κ1) is 16.0. The molecule has 0 saturated heterocycles. The second-order valence-electron chi connectivity index (χ2n) is 5.86. The number of carbonyl (C=O) groups excluding carboxylic acids is 1. The van der Waals surface area contributed by atoms with Gasteiger partial charge in [0.1, 0.15) is 0 Å². The van der Waals surface area contributed by atoms with Crippen LogP contribution < -0.4 is 9.47 Å². The number of ether oxygens (including phenoxy) is 3. The lowest BCUT2D eigenvalue weighted by atomic mass is 9.87. The fourth-order valence-electron chi connectivity index (χ4n) is 1.96. The van der Waals surface area contributed by atoms with Gasteiger partial charge in [-0.05, 0) is 17.5 Å². The van der Waals surface area contributed by atoms with Crippen LogP contribution in [0.2, 0.25) is 0 Å². The zero-order valence-corrected chi connectivity index (χ0v) is 13.5. The van der Waals surface area contributed by atoms with Crippen LogP contribution in [0.25, 0.3) is 11.0 Å². The molecule has 0 fully saturated rings. The van der Waals surface area contributed by atoms with Crippen molar-refractivity contribution in [2.75, 3.05) is 20.8 Å². The Labute approximate surface area is 129 Å². The number of esters is 1. The summed E-state index contributed by atoms with van der Waals surface area (Å²) in [5.74, 6) is 0.397. The Kier molecular flexibility index (Phi) is 4.49. The number of hydrogen-bond acceptors (Lipinski definition) is 6. The average Bonchev–Trinajstić information content (AvgIpc) is 2.49. The van der Waals surface area contributed by atoms with Gasteiger partial charge in [0.2, 0.25) is 11.8 Å². The summed E-state index contributed by atoms with van der Waals surface area (Å²) in [6.07, 6.45) is 0. The number of aromatic nitrogens is 2. The predicted molar refractivity (Wildman–Crippen MR) is 82.3 cm³/mol. The molecule has 2 heterocycles. The molecule has 2 rings (SSSR count). The van der Waals surface area contributed by atoms with E-state index >= 15 is 0 Å². The van der Waals surface area contributed by atoms with Gasteiger partial charge in [0.25, 0.3) is 0 Å². The van der Waals surface area contributed by atoms with E-state index in [-0.39, 0.29) is 12.0 Å². The minimum absolute atomic E-state index is 0.188. The predicted octanol–water partition coefficient (Wildman–Crippen LogP) is 2.49. The van der Waals surface area contributed by atoms with Crippen LogP contribution in [0.3, 0.4) is 0 Å². The highest BCUT2D eigenvalue weighted by molar-refractivity contribution is 5.77. The van der Waals surface area contributed by atoms with E-state index in [1.165, 1.54) is 7.11 Å². The lowest BCUT2D eigenvalue weighted by molar-refractivity contribution is -0.143. The molecule has 0 aliphatic heterocycles. The molecular weight excluding hydrogens is 284 g/mol. The van der Waals surface area contributed by atoms with Crippen molar-refractivity contribution in [1.82, 2.24) is 9.97 Å². The highest BCUT2D eigenvalue weighted by atomic mass is 16.6. The molecule has 22 heavy (non-hydrogen) atoms. The van der Waals surface area contributed by atoms with E-state index < -0.39 is 5.97 Å². The largest absolute Gasteiger partial charge is 0.481 e. The van der Waals surface area contributed by atoms with Gasteiger partial charge >= 0.3 is 5.97 Å². The van der Waals surface area contributed by atoms with Crippen LogP contribution in [0.5, 0.6) is 11.8 Å². The second-order valence-corrected chi connectivity index (χ2v) is 5.86. The lowest BCUT2D eigenvalue weighted by Crippen LogP contribution is -2.18. The minimum atomic E-state index is -0.458. The van der Waals surface area contributed by atoms with Crippen LogP contribution in [-0.4, -0.2) is 36.8 Å². The number of rotatable bonds is 4. The summed E-state index contributed by atoms with van der Waals surface area (Å²) >= 11 is 0. The SMILES string of the molecule is COC(=O)COc1nc2nc(OC)ccc2cc1C(C)(C)C. The third kappa shape index (κ3) is 3.44. The molecule has 0 amide bonds. The summed E-state index contributed by atoms with van der Waals surface area (Å²) in [5.41, 5.74) is 1.22. The minimum Gasteiger partial charge on any atom is -0.481 e. The van der Waals surface area contributed by atoms with Gasteiger partial charge in [-0.3, -0.25) is 0 Å². The van der Waals surface area contributed by atoms with Crippen molar-refractivity contribution in [1.29, 1.82) is 0 Å². The summed E-state index contributed by atoms with van der Waals surface area (Å²) in [6, 6.07) is 5.65. The summed E-state index contributed by atoms with van der Waals surface area (Å²) < 4.78 is 15.2. The van der Waals surface area contributed by atoms with E-state index in [9.17, 15) is 4.79 Å². The van der Waals surface area contributed by atoms with Gasteiger partial charge in [-0.15, -0.1) is 0 Å². The van der Waals surface area contributed by atoms with Gasteiger partial charge in [0.05, 0.1) is 14.2 Å². The van der Waals surface area contributed by atoms with Crippen LogP contribution in [0, 0.1) is 0 Å². The highest BCUT2D eigenvalue weighted by Crippen LogP contribution is 2.32. The molecule has 2 aromatic heterocycles. The average molecular weight is 304 g/mol. The van der Waals surface area contributed by atoms with E-state index in [1.807, 2.05) is 12.1 Å².